The quantitative estimate of drug-likeness (QED) is 0.463. The zero-order valence-corrected chi connectivity index (χ0v) is 16.4. The van der Waals surface area contributed by atoms with E-state index in [0.717, 1.165) is 17.0 Å². The number of methoxy groups -OCH3 is 1. The fraction of sp³-hybridized carbons (Fsp3) is 0.364. The van der Waals surface area contributed by atoms with Crippen molar-refractivity contribution in [2.45, 2.75) is 39.3 Å². The van der Waals surface area contributed by atoms with Crippen LogP contribution in [-0.4, -0.2) is 24.6 Å². The molecule has 0 radical (unpaired) electrons. The van der Waals surface area contributed by atoms with Gasteiger partial charge in [0, 0.05) is 5.69 Å². The summed E-state index contributed by atoms with van der Waals surface area (Å²) in [7, 11) is 1.60. The summed E-state index contributed by atoms with van der Waals surface area (Å²) < 4.78 is 10.8. The molecule has 0 aliphatic carbocycles. The van der Waals surface area contributed by atoms with Crippen molar-refractivity contribution in [2.75, 3.05) is 12.0 Å². The van der Waals surface area contributed by atoms with Crippen LogP contribution in [0, 0.1) is 5.41 Å². The lowest BCUT2D eigenvalue weighted by atomic mass is 9.68. The number of β-lactam (4-membered cyclic amide) rings is 1. The van der Waals surface area contributed by atoms with E-state index in [0.29, 0.717) is 0 Å². The molecule has 2 aromatic rings. The Morgan fingerprint density at radius 2 is 1.63 bits per heavy atom. The molecule has 0 saturated carbocycles. The highest BCUT2D eigenvalue weighted by Crippen LogP contribution is 2.53. The van der Waals surface area contributed by atoms with Gasteiger partial charge in [-0.05, 0) is 57.5 Å². The number of amides is 1. The van der Waals surface area contributed by atoms with Crippen molar-refractivity contribution in [1.82, 2.24) is 0 Å². The van der Waals surface area contributed by atoms with Gasteiger partial charge in [0.25, 0.3) is 0 Å². The Balaban J connectivity index is 2.04. The first kappa shape index (κ1) is 19.0. The van der Waals surface area contributed by atoms with Gasteiger partial charge in [-0.25, -0.2) is 0 Å². The monoisotopic (exact) mass is 367 g/mol. The fourth-order valence-electron chi connectivity index (χ4n) is 3.38. The van der Waals surface area contributed by atoms with E-state index in [1.54, 1.807) is 39.7 Å². The number of anilines is 1. The summed E-state index contributed by atoms with van der Waals surface area (Å²) in [5.74, 6) is -0.0496. The van der Waals surface area contributed by atoms with Crippen molar-refractivity contribution in [2.24, 2.45) is 5.41 Å². The van der Waals surface area contributed by atoms with Crippen molar-refractivity contribution in [3.8, 4) is 5.75 Å². The van der Waals surface area contributed by atoms with Gasteiger partial charge in [-0.3, -0.25) is 9.59 Å². The normalized spacial score (nSPS) is 22.2. The number of carbonyl (C=O) groups is 2. The second kappa shape index (κ2) is 6.72. The summed E-state index contributed by atoms with van der Waals surface area (Å²) in [5.41, 5.74) is -0.340. The average molecular weight is 367 g/mol. The van der Waals surface area contributed by atoms with E-state index in [2.05, 4.69) is 0 Å². The van der Waals surface area contributed by atoms with E-state index in [-0.39, 0.29) is 5.91 Å². The van der Waals surface area contributed by atoms with E-state index >= 15 is 0 Å². The fourth-order valence-corrected chi connectivity index (χ4v) is 3.38. The molecule has 5 heteroatoms. The Morgan fingerprint density at radius 3 is 2.15 bits per heavy atom. The van der Waals surface area contributed by atoms with Gasteiger partial charge < -0.3 is 14.4 Å². The number of para-hydroxylation sites is 1. The maximum absolute atomic E-state index is 13.1. The predicted octanol–water partition coefficient (Wildman–Crippen LogP) is 4.13. The van der Waals surface area contributed by atoms with Gasteiger partial charge in [0.1, 0.15) is 11.4 Å². The molecular weight excluding hydrogens is 342 g/mol. The molecule has 1 aliphatic heterocycles. The highest BCUT2D eigenvalue weighted by Gasteiger charge is 2.64. The summed E-state index contributed by atoms with van der Waals surface area (Å²) in [5, 5.41) is 0. The summed E-state index contributed by atoms with van der Waals surface area (Å²) in [6.45, 7) is 7.07. The van der Waals surface area contributed by atoms with Gasteiger partial charge in [-0.15, -0.1) is 0 Å². The summed E-state index contributed by atoms with van der Waals surface area (Å²) in [6, 6.07) is 16.3. The van der Waals surface area contributed by atoms with E-state index in [1.807, 2.05) is 54.6 Å². The summed E-state index contributed by atoms with van der Waals surface area (Å²) in [6.07, 6.45) is 0. The second-order valence-electron chi connectivity index (χ2n) is 7.89. The zero-order chi connectivity index (χ0) is 19.8. The van der Waals surface area contributed by atoms with E-state index < -0.39 is 23.0 Å². The Labute approximate surface area is 159 Å². The van der Waals surface area contributed by atoms with Crippen LogP contribution in [0.1, 0.15) is 39.3 Å². The topological polar surface area (TPSA) is 55.8 Å². The SMILES string of the molecule is COc1ccc([C@@H]2N(c3ccccc3)C(=O)[C@]2(C)C(=O)OC(C)(C)C)cc1. The molecule has 142 valence electrons. The average Bonchev–Trinajstić information content (AvgIpc) is 2.64. The highest BCUT2D eigenvalue weighted by atomic mass is 16.6. The lowest BCUT2D eigenvalue weighted by Gasteiger charge is -2.53. The van der Waals surface area contributed by atoms with Crippen LogP contribution in [0.5, 0.6) is 5.75 Å². The van der Waals surface area contributed by atoms with Crippen molar-refractivity contribution < 1.29 is 19.1 Å². The minimum absolute atomic E-state index is 0.260. The third-order valence-electron chi connectivity index (χ3n) is 4.76. The number of hydrogen-bond acceptors (Lipinski definition) is 4. The number of benzene rings is 2. The van der Waals surface area contributed by atoms with Gasteiger partial charge >= 0.3 is 5.97 Å². The number of carbonyl (C=O) groups excluding carboxylic acids is 2. The first-order valence-electron chi connectivity index (χ1n) is 8.94. The lowest BCUT2D eigenvalue weighted by molar-refractivity contribution is -0.176. The number of rotatable bonds is 4. The van der Waals surface area contributed by atoms with E-state index in [9.17, 15) is 9.59 Å². The minimum atomic E-state index is -1.28. The Morgan fingerprint density at radius 1 is 1.04 bits per heavy atom. The van der Waals surface area contributed by atoms with Crippen molar-refractivity contribution in [3.63, 3.8) is 0 Å². The molecule has 0 aromatic heterocycles. The van der Waals surface area contributed by atoms with Crippen LogP contribution in [0.15, 0.2) is 54.6 Å². The van der Waals surface area contributed by atoms with Crippen LogP contribution in [0.4, 0.5) is 5.69 Å². The third-order valence-corrected chi connectivity index (χ3v) is 4.76. The molecule has 1 amide bonds. The molecule has 1 aliphatic rings. The Hall–Kier alpha value is -2.82. The molecule has 1 saturated heterocycles. The molecule has 2 aromatic carbocycles. The van der Waals surface area contributed by atoms with Crippen LogP contribution in [0.2, 0.25) is 0 Å². The molecule has 0 unspecified atom stereocenters. The Kier molecular flexibility index (Phi) is 4.72. The molecule has 5 nitrogen and oxygen atoms in total. The molecule has 2 atom stereocenters. The van der Waals surface area contributed by atoms with Gasteiger partial charge in [0.15, 0.2) is 5.41 Å². The maximum Gasteiger partial charge on any atom is 0.324 e. The van der Waals surface area contributed by atoms with Crippen molar-refractivity contribution in [1.29, 1.82) is 0 Å². The van der Waals surface area contributed by atoms with Crippen LogP contribution >= 0.6 is 0 Å². The first-order chi connectivity index (χ1) is 12.7. The lowest BCUT2D eigenvalue weighted by Crippen LogP contribution is -2.66. The van der Waals surface area contributed by atoms with Crippen LogP contribution in [0.3, 0.4) is 0 Å². The smallest absolute Gasteiger partial charge is 0.324 e. The zero-order valence-electron chi connectivity index (χ0n) is 16.4. The number of nitrogens with zero attached hydrogens (tertiary/aromatic N) is 1. The molecule has 1 fully saturated rings. The van der Waals surface area contributed by atoms with Gasteiger partial charge in [-0.1, -0.05) is 30.3 Å². The first-order valence-corrected chi connectivity index (χ1v) is 8.94. The highest BCUT2D eigenvalue weighted by molar-refractivity contribution is 6.17. The molecule has 0 bridgehead atoms. The molecule has 1 heterocycles. The van der Waals surface area contributed by atoms with Gasteiger partial charge in [0.05, 0.1) is 13.2 Å². The standard InChI is InChI=1S/C22H25NO4/c1-21(2,3)27-20(25)22(4)18(15-11-13-17(26-5)14-12-15)23(19(22)24)16-9-7-6-8-10-16/h6-14,18H,1-5H3/t18-,22+/m0/s1. The Bertz CT molecular complexity index is 839. The largest absolute Gasteiger partial charge is 0.497 e. The second-order valence-corrected chi connectivity index (χ2v) is 7.89. The summed E-state index contributed by atoms with van der Waals surface area (Å²) in [4.78, 5) is 27.7. The molecule has 27 heavy (non-hydrogen) atoms. The predicted molar refractivity (Wildman–Crippen MR) is 104 cm³/mol. The maximum atomic E-state index is 13.1. The van der Waals surface area contributed by atoms with E-state index in [4.69, 9.17) is 9.47 Å². The van der Waals surface area contributed by atoms with Crippen molar-refractivity contribution in [3.05, 3.63) is 60.2 Å². The third kappa shape index (κ3) is 3.29. The minimum Gasteiger partial charge on any atom is -0.497 e. The molecule has 0 N–H and O–H groups in total. The van der Waals surface area contributed by atoms with Crippen LogP contribution in [-0.2, 0) is 14.3 Å². The number of esters is 1. The number of ether oxygens (including phenoxy) is 2. The molecule has 3 rings (SSSR count). The summed E-state index contributed by atoms with van der Waals surface area (Å²) >= 11 is 0. The van der Waals surface area contributed by atoms with Gasteiger partial charge in [0.2, 0.25) is 5.91 Å². The van der Waals surface area contributed by atoms with E-state index in [1.165, 1.54) is 0 Å². The van der Waals surface area contributed by atoms with Crippen LogP contribution in [0.25, 0.3) is 0 Å². The molecule has 0 spiro atoms. The number of hydrogen-bond donors (Lipinski definition) is 0. The van der Waals surface area contributed by atoms with Gasteiger partial charge in [-0.2, -0.15) is 0 Å². The van der Waals surface area contributed by atoms with Crippen LogP contribution < -0.4 is 9.64 Å². The molecular formula is C22H25NO4. The van der Waals surface area contributed by atoms with Crippen molar-refractivity contribution >= 4 is 17.6 Å².